The number of rotatable bonds is 2. The molecule has 1 N–H and O–H groups in total. The maximum atomic E-state index is 3.38. The lowest BCUT2D eigenvalue weighted by Gasteiger charge is -2.45. The number of allylic oxidation sites excluding steroid dienone is 1. The quantitative estimate of drug-likeness (QED) is 0.830. The van der Waals surface area contributed by atoms with Crippen LogP contribution in [-0.2, 0) is 5.41 Å². The molecule has 3 aliphatic carbocycles. The second kappa shape index (κ2) is 4.76. The highest BCUT2D eigenvalue weighted by atomic mass is 35.5. The molecule has 0 amide bonds. The Morgan fingerprint density at radius 1 is 0.950 bits per heavy atom. The van der Waals surface area contributed by atoms with Crippen LogP contribution < -0.4 is 5.32 Å². The fourth-order valence-electron chi connectivity index (χ4n) is 3.84. The highest BCUT2D eigenvalue weighted by molar-refractivity contribution is 5.85. The van der Waals surface area contributed by atoms with Gasteiger partial charge in [-0.05, 0) is 29.3 Å². The Morgan fingerprint density at radius 2 is 1.50 bits per heavy atom. The normalized spacial score (nSPS) is 24.8. The molecule has 0 spiro atoms. The van der Waals surface area contributed by atoms with Gasteiger partial charge in [-0.3, -0.25) is 0 Å². The van der Waals surface area contributed by atoms with E-state index in [1.807, 2.05) is 7.05 Å². The second-order valence-electron chi connectivity index (χ2n) is 5.51. The SMILES string of the molecule is CNCC12C=CC(c3ccccc31)c1ccccc12.Cl. The molecular formula is C18H18ClN. The molecule has 0 unspecified atom stereocenters. The zero-order chi connectivity index (χ0) is 12.9. The number of likely N-dealkylation sites (N-methyl/N-ethyl adjacent to an activating group) is 1. The van der Waals surface area contributed by atoms with Gasteiger partial charge in [0.15, 0.2) is 0 Å². The molecule has 0 saturated heterocycles. The molecule has 102 valence electrons. The first-order chi connectivity index (χ1) is 9.37. The molecule has 0 saturated carbocycles. The van der Waals surface area contributed by atoms with Gasteiger partial charge in [0.1, 0.15) is 0 Å². The summed E-state index contributed by atoms with van der Waals surface area (Å²) in [6.45, 7) is 0.949. The fourth-order valence-corrected chi connectivity index (χ4v) is 3.84. The van der Waals surface area contributed by atoms with Gasteiger partial charge >= 0.3 is 0 Å². The summed E-state index contributed by atoms with van der Waals surface area (Å²) in [5.74, 6) is 0.436. The second-order valence-corrected chi connectivity index (χ2v) is 5.51. The number of benzene rings is 2. The molecule has 2 aromatic rings. The van der Waals surface area contributed by atoms with E-state index in [2.05, 4.69) is 66.0 Å². The van der Waals surface area contributed by atoms with Gasteiger partial charge in [0.2, 0.25) is 0 Å². The highest BCUT2D eigenvalue weighted by Gasteiger charge is 2.44. The summed E-state index contributed by atoms with van der Waals surface area (Å²) in [7, 11) is 2.04. The van der Waals surface area contributed by atoms with Crippen molar-refractivity contribution >= 4 is 12.4 Å². The van der Waals surface area contributed by atoms with Gasteiger partial charge in [0.25, 0.3) is 0 Å². The molecule has 5 rings (SSSR count). The summed E-state index contributed by atoms with van der Waals surface area (Å²) in [4.78, 5) is 0. The molecule has 0 aliphatic heterocycles. The van der Waals surface area contributed by atoms with Gasteiger partial charge in [-0.15, -0.1) is 12.4 Å². The highest BCUT2D eigenvalue weighted by Crippen LogP contribution is 2.51. The average molecular weight is 284 g/mol. The van der Waals surface area contributed by atoms with Gasteiger partial charge in [-0.2, -0.15) is 0 Å². The lowest BCUT2D eigenvalue weighted by Crippen LogP contribution is -2.43. The van der Waals surface area contributed by atoms with E-state index in [-0.39, 0.29) is 17.8 Å². The zero-order valence-electron chi connectivity index (χ0n) is 11.5. The summed E-state index contributed by atoms with van der Waals surface area (Å²) < 4.78 is 0. The van der Waals surface area contributed by atoms with Crippen LogP contribution in [0.5, 0.6) is 0 Å². The smallest absolute Gasteiger partial charge is 0.0512 e. The summed E-state index contributed by atoms with van der Waals surface area (Å²) in [6.07, 6.45) is 4.78. The van der Waals surface area contributed by atoms with E-state index in [9.17, 15) is 0 Å². The molecular weight excluding hydrogens is 266 g/mol. The monoisotopic (exact) mass is 283 g/mol. The van der Waals surface area contributed by atoms with E-state index < -0.39 is 0 Å². The van der Waals surface area contributed by atoms with Crippen LogP contribution in [0, 0.1) is 0 Å². The Labute approximate surface area is 126 Å². The zero-order valence-corrected chi connectivity index (χ0v) is 12.3. The predicted molar refractivity (Wildman–Crippen MR) is 85.8 cm³/mol. The van der Waals surface area contributed by atoms with E-state index >= 15 is 0 Å². The minimum atomic E-state index is 0. The maximum absolute atomic E-state index is 3.38. The van der Waals surface area contributed by atoms with Gasteiger partial charge in [-0.1, -0.05) is 60.7 Å². The summed E-state index contributed by atoms with van der Waals surface area (Å²) in [5, 5.41) is 3.38. The number of halogens is 1. The van der Waals surface area contributed by atoms with Crippen molar-refractivity contribution in [2.75, 3.05) is 13.6 Å². The molecule has 0 atom stereocenters. The van der Waals surface area contributed by atoms with E-state index in [0.717, 1.165) is 6.54 Å². The van der Waals surface area contributed by atoms with E-state index in [4.69, 9.17) is 0 Å². The molecule has 0 aromatic heterocycles. The standard InChI is InChI=1S/C18H17N.ClH/c1-19-12-18-11-10-13(14-6-2-4-8-16(14)18)15-7-3-5-9-17(15)18;/h2-11,13,19H,12H2,1H3;1H. The molecule has 1 nitrogen and oxygen atoms in total. The van der Waals surface area contributed by atoms with Crippen molar-refractivity contribution in [2.45, 2.75) is 11.3 Å². The van der Waals surface area contributed by atoms with Crippen molar-refractivity contribution in [3.8, 4) is 0 Å². The van der Waals surface area contributed by atoms with E-state index in [1.54, 1.807) is 0 Å². The van der Waals surface area contributed by atoms with Crippen LogP contribution in [0.4, 0.5) is 0 Å². The van der Waals surface area contributed by atoms with Crippen molar-refractivity contribution in [3.63, 3.8) is 0 Å². The van der Waals surface area contributed by atoms with Gasteiger partial charge in [-0.25, -0.2) is 0 Å². The molecule has 0 heterocycles. The third-order valence-corrected chi connectivity index (χ3v) is 4.58. The van der Waals surface area contributed by atoms with Crippen LogP contribution in [0.1, 0.15) is 28.2 Å². The Hall–Kier alpha value is -1.57. The number of hydrogen-bond donors (Lipinski definition) is 1. The fraction of sp³-hybridized carbons (Fsp3) is 0.222. The van der Waals surface area contributed by atoms with Crippen molar-refractivity contribution in [3.05, 3.63) is 82.9 Å². The molecule has 0 radical (unpaired) electrons. The first-order valence-electron chi connectivity index (χ1n) is 6.89. The van der Waals surface area contributed by atoms with E-state index in [1.165, 1.54) is 22.3 Å². The van der Waals surface area contributed by atoms with Crippen LogP contribution in [0.25, 0.3) is 0 Å². The van der Waals surface area contributed by atoms with Crippen molar-refractivity contribution in [1.82, 2.24) is 5.32 Å². The average Bonchev–Trinajstić information content (AvgIpc) is 2.49. The molecule has 3 aliphatic rings. The summed E-state index contributed by atoms with van der Waals surface area (Å²) >= 11 is 0. The summed E-state index contributed by atoms with van der Waals surface area (Å²) in [5.41, 5.74) is 5.89. The third kappa shape index (κ3) is 1.54. The maximum Gasteiger partial charge on any atom is 0.0512 e. The lowest BCUT2D eigenvalue weighted by molar-refractivity contribution is 0.544. The van der Waals surface area contributed by atoms with Crippen LogP contribution >= 0.6 is 12.4 Å². The minimum absolute atomic E-state index is 0. The van der Waals surface area contributed by atoms with Crippen LogP contribution in [0.2, 0.25) is 0 Å². The van der Waals surface area contributed by atoms with E-state index in [0.29, 0.717) is 5.92 Å². The minimum Gasteiger partial charge on any atom is -0.318 e. The number of nitrogens with one attached hydrogen (secondary N) is 1. The summed E-state index contributed by atoms with van der Waals surface area (Å²) in [6, 6.07) is 17.8. The number of hydrogen-bond acceptors (Lipinski definition) is 1. The Kier molecular flexibility index (Phi) is 3.19. The molecule has 20 heavy (non-hydrogen) atoms. The Bertz CT molecular complexity index is 627. The first-order valence-corrected chi connectivity index (χ1v) is 6.89. The van der Waals surface area contributed by atoms with Gasteiger partial charge < -0.3 is 5.32 Å². The molecule has 2 heteroatoms. The third-order valence-electron chi connectivity index (χ3n) is 4.58. The Morgan fingerprint density at radius 3 is 2.05 bits per heavy atom. The lowest BCUT2D eigenvalue weighted by atomic mass is 9.59. The Balaban J connectivity index is 0.00000121. The molecule has 0 fully saturated rings. The van der Waals surface area contributed by atoms with Crippen molar-refractivity contribution in [1.29, 1.82) is 0 Å². The largest absolute Gasteiger partial charge is 0.318 e. The topological polar surface area (TPSA) is 12.0 Å². The van der Waals surface area contributed by atoms with Crippen LogP contribution in [0.3, 0.4) is 0 Å². The molecule has 2 aromatic carbocycles. The predicted octanol–water partition coefficient (Wildman–Crippen LogP) is 3.63. The molecule has 2 bridgehead atoms. The van der Waals surface area contributed by atoms with Crippen molar-refractivity contribution < 1.29 is 0 Å². The van der Waals surface area contributed by atoms with Gasteiger partial charge in [0, 0.05) is 12.5 Å². The first kappa shape index (κ1) is 13.4. The van der Waals surface area contributed by atoms with Crippen molar-refractivity contribution in [2.24, 2.45) is 0 Å². The van der Waals surface area contributed by atoms with Crippen LogP contribution in [-0.4, -0.2) is 13.6 Å². The van der Waals surface area contributed by atoms with Crippen LogP contribution in [0.15, 0.2) is 60.7 Å². The van der Waals surface area contributed by atoms with Gasteiger partial charge in [0.05, 0.1) is 5.41 Å².